The summed E-state index contributed by atoms with van der Waals surface area (Å²) in [4.78, 5) is 1.33. The molecule has 0 aromatic carbocycles. The summed E-state index contributed by atoms with van der Waals surface area (Å²) in [6.45, 7) is 7.05. The van der Waals surface area contributed by atoms with Crippen LogP contribution in [0, 0.1) is 6.92 Å². The van der Waals surface area contributed by atoms with E-state index in [2.05, 4.69) is 43.0 Å². The smallest absolute Gasteiger partial charge is 0.0988 e. The van der Waals surface area contributed by atoms with Gasteiger partial charge in [-0.2, -0.15) is 5.10 Å². The first kappa shape index (κ1) is 13.3. The van der Waals surface area contributed by atoms with Crippen molar-refractivity contribution in [3.63, 3.8) is 0 Å². The van der Waals surface area contributed by atoms with Crippen LogP contribution in [0.5, 0.6) is 0 Å². The lowest BCUT2D eigenvalue weighted by Gasteiger charge is -2.18. The Morgan fingerprint density at radius 3 is 2.67 bits per heavy atom. The molecule has 0 aliphatic heterocycles. The number of thiophene rings is 1. The molecule has 0 radical (unpaired) electrons. The van der Waals surface area contributed by atoms with E-state index in [9.17, 15) is 0 Å². The fourth-order valence-electron chi connectivity index (χ4n) is 2.24. The van der Waals surface area contributed by atoms with Crippen molar-refractivity contribution < 1.29 is 0 Å². The summed E-state index contributed by atoms with van der Waals surface area (Å²) in [5.41, 5.74) is 9.72. The van der Waals surface area contributed by atoms with E-state index in [1.807, 2.05) is 0 Å². The molecular weight excluding hydrogens is 242 g/mol. The number of hydrogen-bond acceptors (Lipinski definition) is 3. The zero-order valence-corrected chi connectivity index (χ0v) is 12.1. The Kier molecular flexibility index (Phi) is 4.19. The van der Waals surface area contributed by atoms with Crippen molar-refractivity contribution >= 4 is 11.3 Å². The standard InChI is InChI=1S/C14H21N3S/c1-4-11-8-12(5-2)17(16-11)13(9-15)14-10(3)6-7-18-14/h6-8,13H,4-5,9,15H2,1-3H3. The number of nitrogens with two attached hydrogens (primary N) is 1. The van der Waals surface area contributed by atoms with Gasteiger partial charge in [-0.15, -0.1) is 11.3 Å². The van der Waals surface area contributed by atoms with Gasteiger partial charge >= 0.3 is 0 Å². The lowest BCUT2D eigenvalue weighted by Crippen LogP contribution is -2.23. The molecule has 2 heterocycles. The normalized spacial score (nSPS) is 12.9. The highest BCUT2D eigenvalue weighted by Crippen LogP contribution is 2.27. The Labute approximate surface area is 113 Å². The molecule has 2 rings (SSSR count). The van der Waals surface area contributed by atoms with Gasteiger partial charge in [0.2, 0.25) is 0 Å². The van der Waals surface area contributed by atoms with E-state index in [0.29, 0.717) is 6.54 Å². The molecule has 2 aromatic rings. The van der Waals surface area contributed by atoms with Crippen LogP contribution in [0.3, 0.4) is 0 Å². The Balaban J connectivity index is 2.44. The van der Waals surface area contributed by atoms with Crippen molar-refractivity contribution in [3.05, 3.63) is 39.3 Å². The van der Waals surface area contributed by atoms with Gasteiger partial charge in [-0.3, -0.25) is 4.68 Å². The average molecular weight is 263 g/mol. The third kappa shape index (κ3) is 2.35. The third-order valence-electron chi connectivity index (χ3n) is 3.31. The van der Waals surface area contributed by atoms with Gasteiger partial charge in [0.15, 0.2) is 0 Å². The molecular formula is C14H21N3S. The van der Waals surface area contributed by atoms with Crippen molar-refractivity contribution in [3.8, 4) is 0 Å². The van der Waals surface area contributed by atoms with Crippen LogP contribution in [0.2, 0.25) is 0 Å². The fraction of sp³-hybridized carbons (Fsp3) is 0.500. The number of aromatic nitrogens is 2. The van der Waals surface area contributed by atoms with Gasteiger partial charge < -0.3 is 5.73 Å². The van der Waals surface area contributed by atoms with Crippen LogP contribution in [0.15, 0.2) is 17.5 Å². The van der Waals surface area contributed by atoms with Crippen molar-refractivity contribution in [1.82, 2.24) is 9.78 Å². The summed E-state index contributed by atoms with van der Waals surface area (Å²) in [6, 6.07) is 4.53. The molecule has 18 heavy (non-hydrogen) atoms. The van der Waals surface area contributed by atoms with Crippen molar-refractivity contribution in [1.29, 1.82) is 0 Å². The second kappa shape index (κ2) is 5.67. The molecule has 98 valence electrons. The van der Waals surface area contributed by atoms with Crippen molar-refractivity contribution in [2.45, 2.75) is 39.7 Å². The van der Waals surface area contributed by atoms with E-state index >= 15 is 0 Å². The minimum absolute atomic E-state index is 0.181. The second-order valence-corrected chi connectivity index (χ2v) is 5.45. The molecule has 2 aromatic heterocycles. The maximum atomic E-state index is 5.99. The molecule has 0 aliphatic carbocycles. The van der Waals surface area contributed by atoms with Crippen LogP contribution in [-0.2, 0) is 12.8 Å². The zero-order valence-electron chi connectivity index (χ0n) is 11.3. The van der Waals surface area contributed by atoms with E-state index in [0.717, 1.165) is 18.5 Å². The quantitative estimate of drug-likeness (QED) is 0.901. The van der Waals surface area contributed by atoms with Gasteiger partial charge in [0.05, 0.1) is 11.7 Å². The zero-order chi connectivity index (χ0) is 13.1. The Morgan fingerprint density at radius 1 is 1.39 bits per heavy atom. The molecule has 0 aliphatic rings. The molecule has 0 bridgehead atoms. The predicted octanol–water partition coefficient (Wildman–Crippen LogP) is 2.93. The maximum Gasteiger partial charge on any atom is 0.0988 e. The van der Waals surface area contributed by atoms with E-state index in [-0.39, 0.29) is 6.04 Å². The Bertz CT molecular complexity index is 513. The monoisotopic (exact) mass is 263 g/mol. The van der Waals surface area contributed by atoms with Crippen LogP contribution in [0.1, 0.15) is 41.7 Å². The first-order chi connectivity index (χ1) is 8.71. The van der Waals surface area contributed by atoms with E-state index in [4.69, 9.17) is 10.8 Å². The van der Waals surface area contributed by atoms with E-state index < -0.39 is 0 Å². The molecule has 0 saturated heterocycles. The summed E-state index contributed by atoms with van der Waals surface area (Å²) in [5, 5.41) is 6.84. The summed E-state index contributed by atoms with van der Waals surface area (Å²) >= 11 is 1.77. The van der Waals surface area contributed by atoms with Crippen LogP contribution >= 0.6 is 11.3 Å². The summed E-state index contributed by atoms with van der Waals surface area (Å²) in [6.07, 6.45) is 1.97. The van der Waals surface area contributed by atoms with Crippen molar-refractivity contribution in [2.24, 2.45) is 5.73 Å². The highest BCUT2D eigenvalue weighted by Gasteiger charge is 2.19. The Morgan fingerprint density at radius 2 is 2.17 bits per heavy atom. The lowest BCUT2D eigenvalue weighted by molar-refractivity contribution is 0.513. The van der Waals surface area contributed by atoms with Gasteiger partial charge in [-0.1, -0.05) is 13.8 Å². The van der Waals surface area contributed by atoms with Crippen molar-refractivity contribution in [2.75, 3.05) is 6.54 Å². The van der Waals surface area contributed by atoms with Gasteiger partial charge in [0, 0.05) is 17.1 Å². The van der Waals surface area contributed by atoms with Crippen LogP contribution < -0.4 is 5.73 Å². The number of aryl methyl sites for hydroxylation is 3. The molecule has 3 nitrogen and oxygen atoms in total. The minimum Gasteiger partial charge on any atom is -0.328 e. The van der Waals surface area contributed by atoms with Gasteiger partial charge in [0.25, 0.3) is 0 Å². The van der Waals surface area contributed by atoms with Crippen LogP contribution in [-0.4, -0.2) is 16.3 Å². The third-order valence-corrected chi connectivity index (χ3v) is 4.43. The van der Waals surface area contributed by atoms with Crippen LogP contribution in [0.25, 0.3) is 0 Å². The topological polar surface area (TPSA) is 43.8 Å². The summed E-state index contributed by atoms with van der Waals surface area (Å²) in [5.74, 6) is 0. The number of hydrogen-bond donors (Lipinski definition) is 1. The number of rotatable bonds is 5. The SMILES string of the molecule is CCc1cc(CC)n(C(CN)c2sccc2C)n1. The molecule has 0 amide bonds. The van der Waals surface area contributed by atoms with E-state index in [1.165, 1.54) is 16.1 Å². The Hall–Kier alpha value is -1.13. The maximum absolute atomic E-state index is 5.99. The predicted molar refractivity (Wildman–Crippen MR) is 77.2 cm³/mol. The van der Waals surface area contributed by atoms with Gasteiger partial charge in [0.1, 0.15) is 0 Å². The molecule has 0 spiro atoms. The number of nitrogens with zero attached hydrogens (tertiary/aromatic N) is 2. The minimum atomic E-state index is 0.181. The van der Waals surface area contributed by atoms with Gasteiger partial charge in [-0.05, 0) is 42.8 Å². The first-order valence-corrected chi connectivity index (χ1v) is 7.40. The fourth-order valence-corrected chi connectivity index (χ4v) is 3.27. The summed E-state index contributed by atoms with van der Waals surface area (Å²) < 4.78 is 2.12. The summed E-state index contributed by atoms with van der Waals surface area (Å²) in [7, 11) is 0. The van der Waals surface area contributed by atoms with E-state index in [1.54, 1.807) is 11.3 Å². The van der Waals surface area contributed by atoms with Gasteiger partial charge in [-0.25, -0.2) is 0 Å². The average Bonchev–Trinajstić information content (AvgIpc) is 2.98. The molecule has 4 heteroatoms. The molecule has 1 unspecified atom stereocenters. The largest absolute Gasteiger partial charge is 0.328 e. The highest BCUT2D eigenvalue weighted by molar-refractivity contribution is 7.10. The molecule has 1 atom stereocenters. The first-order valence-electron chi connectivity index (χ1n) is 6.52. The molecule has 0 saturated carbocycles. The van der Waals surface area contributed by atoms with Crippen LogP contribution in [0.4, 0.5) is 0 Å². The highest BCUT2D eigenvalue weighted by atomic mass is 32.1. The lowest BCUT2D eigenvalue weighted by atomic mass is 10.1. The molecule has 0 fully saturated rings. The second-order valence-electron chi connectivity index (χ2n) is 4.50. The molecule has 2 N–H and O–H groups in total.